The van der Waals surface area contributed by atoms with Gasteiger partial charge in [-0.15, -0.1) is 0 Å². The molecule has 2 aliphatic heterocycles. The number of aliphatic hydroxyl groups is 1. The number of benzene rings is 1. The molecule has 0 radical (unpaired) electrons. The summed E-state index contributed by atoms with van der Waals surface area (Å²) in [6.45, 7) is 4.65. The summed E-state index contributed by atoms with van der Waals surface area (Å²) in [6.07, 6.45) is 3.65. The summed E-state index contributed by atoms with van der Waals surface area (Å²) in [6, 6.07) is 8.66. The molecule has 4 heteroatoms. The first-order chi connectivity index (χ1) is 10.7. The summed E-state index contributed by atoms with van der Waals surface area (Å²) < 4.78 is 11.6. The number of hydrogen-bond donors (Lipinski definition) is 1. The lowest BCUT2D eigenvalue weighted by atomic mass is 9.90. The lowest BCUT2D eigenvalue weighted by molar-refractivity contribution is -0.140. The van der Waals surface area contributed by atoms with Gasteiger partial charge >= 0.3 is 0 Å². The van der Waals surface area contributed by atoms with Crippen LogP contribution in [0.25, 0.3) is 0 Å². The summed E-state index contributed by atoms with van der Waals surface area (Å²) >= 11 is 0. The Kier molecular flexibility index (Phi) is 3.73. The molecule has 2 fully saturated rings. The summed E-state index contributed by atoms with van der Waals surface area (Å²) in [5, 5.41) is 10.8. The Labute approximate surface area is 132 Å². The quantitative estimate of drug-likeness (QED) is 0.903. The van der Waals surface area contributed by atoms with Crippen LogP contribution in [0.2, 0.25) is 0 Å². The zero-order chi connectivity index (χ0) is 15.0. The number of morpholine rings is 1. The van der Waals surface area contributed by atoms with Crippen LogP contribution in [0.1, 0.15) is 30.4 Å². The summed E-state index contributed by atoms with van der Waals surface area (Å²) in [4.78, 5) is 2.40. The number of aryl methyl sites for hydroxylation is 1. The van der Waals surface area contributed by atoms with Crippen molar-refractivity contribution in [1.82, 2.24) is 4.90 Å². The highest BCUT2D eigenvalue weighted by atomic mass is 16.5. The molecule has 3 aliphatic rings. The van der Waals surface area contributed by atoms with E-state index in [2.05, 4.69) is 29.2 Å². The van der Waals surface area contributed by atoms with E-state index in [-0.39, 0.29) is 5.60 Å². The maximum Gasteiger partial charge on any atom is 0.106 e. The Morgan fingerprint density at radius 1 is 1.09 bits per heavy atom. The predicted molar refractivity (Wildman–Crippen MR) is 83.8 cm³/mol. The van der Waals surface area contributed by atoms with E-state index in [1.54, 1.807) is 0 Å². The molecule has 2 heterocycles. The van der Waals surface area contributed by atoms with Crippen molar-refractivity contribution in [1.29, 1.82) is 0 Å². The van der Waals surface area contributed by atoms with Crippen LogP contribution in [0.15, 0.2) is 24.3 Å². The fraction of sp³-hybridized carbons (Fsp3) is 0.667. The minimum absolute atomic E-state index is 0.156. The smallest absolute Gasteiger partial charge is 0.106 e. The topological polar surface area (TPSA) is 41.9 Å². The molecule has 1 aromatic rings. The first kappa shape index (κ1) is 14.6. The van der Waals surface area contributed by atoms with Gasteiger partial charge in [0.05, 0.1) is 12.2 Å². The summed E-state index contributed by atoms with van der Waals surface area (Å²) in [5.74, 6) is 0. The van der Waals surface area contributed by atoms with Crippen molar-refractivity contribution < 1.29 is 14.6 Å². The van der Waals surface area contributed by atoms with Crippen molar-refractivity contribution in [3.8, 4) is 0 Å². The fourth-order valence-corrected chi connectivity index (χ4v) is 4.28. The van der Waals surface area contributed by atoms with E-state index in [9.17, 15) is 5.11 Å². The normalized spacial score (nSPS) is 31.3. The number of fused-ring (bicyclic) bond motifs is 2. The van der Waals surface area contributed by atoms with Crippen molar-refractivity contribution in [3.63, 3.8) is 0 Å². The highest BCUT2D eigenvalue weighted by Crippen LogP contribution is 2.42. The molecule has 1 aliphatic carbocycles. The number of hydrogen-bond acceptors (Lipinski definition) is 4. The predicted octanol–water partition coefficient (Wildman–Crippen LogP) is 1.70. The highest BCUT2D eigenvalue weighted by Gasteiger charge is 2.44. The van der Waals surface area contributed by atoms with Gasteiger partial charge in [-0.1, -0.05) is 24.3 Å². The molecule has 2 saturated heterocycles. The zero-order valence-electron chi connectivity index (χ0n) is 13.1. The molecule has 1 N–H and O–H groups in total. The molecule has 0 bridgehead atoms. The second kappa shape index (κ2) is 5.60. The Morgan fingerprint density at radius 2 is 1.91 bits per heavy atom. The number of nitrogens with zero attached hydrogens (tertiary/aromatic N) is 1. The standard InChI is InChI=1S/C18H25NO3/c20-17(7-10-21-11-8-17)13-19-9-12-22-18(14-19)6-5-15-3-1-2-4-16(15)18/h1-4,20H,5-14H2. The third-order valence-electron chi connectivity index (χ3n) is 5.51. The average Bonchev–Trinajstić information content (AvgIpc) is 2.87. The molecule has 1 unspecified atom stereocenters. The lowest BCUT2D eigenvalue weighted by Crippen LogP contribution is -2.54. The average molecular weight is 303 g/mol. The molecule has 0 aromatic heterocycles. The fourth-order valence-electron chi connectivity index (χ4n) is 4.28. The van der Waals surface area contributed by atoms with Crippen molar-refractivity contribution in [2.75, 3.05) is 39.5 Å². The van der Waals surface area contributed by atoms with Crippen LogP contribution in [0.5, 0.6) is 0 Å². The van der Waals surface area contributed by atoms with Gasteiger partial charge in [-0.25, -0.2) is 0 Å². The Hall–Kier alpha value is -0.940. The number of β-amino-alcohol motifs (C(OH)–C–C–N with tert-alkyl or cyclic N) is 1. The van der Waals surface area contributed by atoms with E-state index in [0.29, 0.717) is 13.2 Å². The number of ether oxygens (including phenoxy) is 2. The first-order valence-corrected chi connectivity index (χ1v) is 8.44. The highest BCUT2D eigenvalue weighted by molar-refractivity contribution is 5.38. The Balaban J connectivity index is 1.51. The maximum absolute atomic E-state index is 10.8. The lowest BCUT2D eigenvalue weighted by Gasteiger charge is -2.44. The minimum Gasteiger partial charge on any atom is -0.388 e. The third-order valence-corrected chi connectivity index (χ3v) is 5.51. The van der Waals surface area contributed by atoms with Gasteiger partial charge < -0.3 is 14.6 Å². The molecule has 22 heavy (non-hydrogen) atoms. The largest absolute Gasteiger partial charge is 0.388 e. The van der Waals surface area contributed by atoms with Gasteiger partial charge in [-0.2, -0.15) is 0 Å². The van der Waals surface area contributed by atoms with Crippen molar-refractivity contribution in [2.24, 2.45) is 0 Å². The second-order valence-electron chi connectivity index (χ2n) is 7.05. The summed E-state index contributed by atoms with van der Waals surface area (Å²) in [7, 11) is 0. The SMILES string of the molecule is OC1(CN2CCOC3(CCc4ccccc43)C2)CCOCC1. The first-order valence-electron chi connectivity index (χ1n) is 8.44. The maximum atomic E-state index is 10.8. The van der Waals surface area contributed by atoms with Crippen molar-refractivity contribution in [3.05, 3.63) is 35.4 Å². The molecular weight excluding hydrogens is 278 g/mol. The van der Waals surface area contributed by atoms with Gasteiger partial charge in [-0.3, -0.25) is 4.90 Å². The van der Waals surface area contributed by atoms with Crippen LogP contribution in [0, 0.1) is 0 Å². The molecular formula is C18H25NO3. The molecule has 1 atom stereocenters. The van der Waals surface area contributed by atoms with Gasteiger partial charge in [0.25, 0.3) is 0 Å². The van der Waals surface area contributed by atoms with Crippen LogP contribution >= 0.6 is 0 Å². The monoisotopic (exact) mass is 303 g/mol. The molecule has 0 saturated carbocycles. The van der Waals surface area contributed by atoms with E-state index >= 15 is 0 Å². The van der Waals surface area contributed by atoms with Gasteiger partial charge in [0.2, 0.25) is 0 Å². The van der Waals surface area contributed by atoms with E-state index < -0.39 is 5.60 Å². The molecule has 1 aromatic carbocycles. The number of rotatable bonds is 2. The summed E-state index contributed by atoms with van der Waals surface area (Å²) in [5.41, 5.74) is 2.04. The van der Waals surface area contributed by atoms with Gasteiger partial charge in [0.15, 0.2) is 0 Å². The van der Waals surface area contributed by atoms with E-state index in [1.165, 1.54) is 11.1 Å². The molecule has 1 spiro atoms. The van der Waals surface area contributed by atoms with Crippen LogP contribution in [0.3, 0.4) is 0 Å². The van der Waals surface area contributed by atoms with Gasteiger partial charge in [0, 0.05) is 45.7 Å². The van der Waals surface area contributed by atoms with Crippen molar-refractivity contribution in [2.45, 2.75) is 36.9 Å². The van der Waals surface area contributed by atoms with Crippen LogP contribution in [0.4, 0.5) is 0 Å². The van der Waals surface area contributed by atoms with E-state index in [1.807, 2.05) is 0 Å². The Morgan fingerprint density at radius 3 is 2.77 bits per heavy atom. The molecule has 0 amide bonds. The second-order valence-corrected chi connectivity index (χ2v) is 7.05. The van der Waals surface area contributed by atoms with E-state index in [0.717, 1.165) is 51.9 Å². The Bertz CT molecular complexity index is 537. The van der Waals surface area contributed by atoms with E-state index in [4.69, 9.17) is 9.47 Å². The minimum atomic E-state index is -0.588. The van der Waals surface area contributed by atoms with Gasteiger partial charge in [-0.05, 0) is 24.0 Å². The van der Waals surface area contributed by atoms with Crippen LogP contribution in [-0.2, 0) is 21.5 Å². The van der Waals surface area contributed by atoms with Crippen LogP contribution in [-0.4, -0.2) is 55.1 Å². The molecule has 120 valence electrons. The van der Waals surface area contributed by atoms with Crippen LogP contribution < -0.4 is 0 Å². The zero-order valence-corrected chi connectivity index (χ0v) is 13.1. The van der Waals surface area contributed by atoms with Crippen molar-refractivity contribution >= 4 is 0 Å². The molecule has 4 rings (SSSR count). The third kappa shape index (κ3) is 2.58. The molecule has 4 nitrogen and oxygen atoms in total. The van der Waals surface area contributed by atoms with Gasteiger partial charge in [0.1, 0.15) is 5.60 Å².